The summed E-state index contributed by atoms with van der Waals surface area (Å²) >= 11 is 0. The highest BCUT2D eigenvalue weighted by Gasteiger charge is 2.11. The number of pyridine rings is 1. The maximum atomic E-state index is 4.33. The molecule has 4 heteroatoms. The highest BCUT2D eigenvalue weighted by Crippen LogP contribution is 2.12. The number of hydrogen-bond acceptors (Lipinski definition) is 3. The Morgan fingerprint density at radius 2 is 2.26 bits per heavy atom. The van der Waals surface area contributed by atoms with Crippen LogP contribution in [-0.4, -0.2) is 20.0 Å². The summed E-state index contributed by atoms with van der Waals surface area (Å²) in [6, 6.07) is 5.91. The van der Waals surface area contributed by atoms with Crippen molar-refractivity contribution >= 4 is 0 Å². The standard InChI is InChI=1S/C15H20N4/c1-3-5-10-14-15(8-4-2)19(18-17-14)12-13-9-6-7-11-16-13/h4,6-7,9,11H,2-3,5,8,10,12H2,1H3. The molecule has 0 radical (unpaired) electrons. The fourth-order valence-electron chi connectivity index (χ4n) is 2.04. The molecule has 0 N–H and O–H groups in total. The first-order chi connectivity index (χ1) is 9.35. The molecule has 2 aromatic rings. The average molecular weight is 256 g/mol. The number of allylic oxidation sites excluding steroid dienone is 1. The molecule has 0 unspecified atom stereocenters. The van der Waals surface area contributed by atoms with Crippen molar-refractivity contribution in [3.63, 3.8) is 0 Å². The fraction of sp³-hybridized carbons (Fsp3) is 0.400. The Bertz CT molecular complexity index is 516. The molecule has 2 heterocycles. The van der Waals surface area contributed by atoms with Crippen LogP contribution < -0.4 is 0 Å². The lowest BCUT2D eigenvalue weighted by atomic mass is 10.1. The Morgan fingerprint density at radius 1 is 1.37 bits per heavy atom. The van der Waals surface area contributed by atoms with E-state index in [4.69, 9.17) is 0 Å². The molecule has 0 bridgehead atoms. The molecule has 0 aliphatic heterocycles. The number of aromatic nitrogens is 4. The molecule has 0 saturated heterocycles. The average Bonchev–Trinajstić information content (AvgIpc) is 2.81. The number of hydrogen-bond donors (Lipinski definition) is 0. The molecule has 2 rings (SSSR count). The van der Waals surface area contributed by atoms with Crippen molar-refractivity contribution in [2.75, 3.05) is 0 Å². The maximum absolute atomic E-state index is 4.33. The van der Waals surface area contributed by atoms with Crippen LogP contribution in [0.15, 0.2) is 37.1 Å². The minimum Gasteiger partial charge on any atom is -0.259 e. The van der Waals surface area contributed by atoms with Gasteiger partial charge < -0.3 is 0 Å². The van der Waals surface area contributed by atoms with Gasteiger partial charge in [0.1, 0.15) is 0 Å². The number of nitrogens with zero attached hydrogens (tertiary/aromatic N) is 4. The lowest BCUT2D eigenvalue weighted by Gasteiger charge is -2.05. The molecule has 2 aromatic heterocycles. The zero-order valence-corrected chi connectivity index (χ0v) is 11.4. The summed E-state index contributed by atoms with van der Waals surface area (Å²) in [5.41, 5.74) is 3.26. The van der Waals surface area contributed by atoms with Crippen molar-refractivity contribution in [3.8, 4) is 0 Å². The smallest absolute Gasteiger partial charge is 0.0862 e. The first kappa shape index (κ1) is 13.5. The van der Waals surface area contributed by atoms with Gasteiger partial charge in [0.15, 0.2) is 0 Å². The summed E-state index contributed by atoms with van der Waals surface area (Å²) in [6.45, 7) is 6.68. The van der Waals surface area contributed by atoms with Gasteiger partial charge in [0.25, 0.3) is 0 Å². The van der Waals surface area contributed by atoms with Crippen LogP contribution in [-0.2, 0) is 19.4 Å². The molecule has 0 saturated carbocycles. The minimum atomic E-state index is 0.670. The summed E-state index contributed by atoms with van der Waals surface area (Å²) in [4.78, 5) is 4.33. The van der Waals surface area contributed by atoms with E-state index in [-0.39, 0.29) is 0 Å². The molecule has 0 aliphatic carbocycles. The molecular weight excluding hydrogens is 236 g/mol. The second kappa shape index (κ2) is 6.83. The Labute approximate surface area is 114 Å². The second-order valence-electron chi connectivity index (χ2n) is 4.56. The van der Waals surface area contributed by atoms with Gasteiger partial charge >= 0.3 is 0 Å². The summed E-state index contributed by atoms with van der Waals surface area (Å²) in [5, 5.41) is 8.57. The van der Waals surface area contributed by atoms with E-state index in [0.29, 0.717) is 6.54 Å². The van der Waals surface area contributed by atoms with Gasteiger partial charge in [-0.05, 0) is 25.0 Å². The van der Waals surface area contributed by atoms with Crippen molar-refractivity contribution in [3.05, 3.63) is 54.1 Å². The molecule has 100 valence electrons. The van der Waals surface area contributed by atoms with Gasteiger partial charge in [-0.1, -0.05) is 30.7 Å². The van der Waals surface area contributed by atoms with E-state index in [1.165, 1.54) is 6.42 Å². The highest BCUT2D eigenvalue weighted by molar-refractivity contribution is 5.15. The largest absolute Gasteiger partial charge is 0.259 e. The van der Waals surface area contributed by atoms with Gasteiger partial charge in [0, 0.05) is 12.6 Å². The van der Waals surface area contributed by atoms with Crippen LogP contribution >= 0.6 is 0 Å². The van der Waals surface area contributed by atoms with Crippen LogP contribution in [0.3, 0.4) is 0 Å². The van der Waals surface area contributed by atoms with E-state index in [9.17, 15) is 0 Å². The van der Waals surface area contributed by atoms with Gasteiger partial charge in [-0.3, -0.25) is 4.98 Å². The Morgan fingerprint density at radius 3 is 2.95 bits per heavy atom. The van der Waals surface area contributed by atoms with Crippen LogP contribution in [0.5, 0.6) is 0 Å². The van der Waals surface area contributed by atoms with E-state index in [1.54, 1.807) is 6.20 Å². The van der Waals surface area contributed by atoms with Gasteiger partial charge in [0.05, 0.1) is 23.6 Å². The van der Waals surface area contributed by atoms with Gasteiger partial charge in [-0.2, -0.15) is 0 Å². The topological polar surface area (TPSA) is 43.6 Å². The predicted octanol–water partition coefficient (Wildman–Crippen LogP) is 2.79. The SMILES string of the molecule is C=CCc1c(CCCC)nnn1Cc1ccccn1. The molecule has 0 spiro atoms. The third-order valence-corrected chi connectivity index (χ3v) is 3.06. The lowest BCUT2D eigenvalue weighted by molar-refractivity contribution is 0.617. The van der Waals surface area contributed by atoms with Gasteiger partial charge in [-0.15, -0.1) is 11.7 Å². The zero-order valence-electron chi connectivity index (χ0n) is 11.4. The summed E-state index contributed by atoms with van der Waals surface area (Å²) < 4.78 is 1.94. The van der Waals surface area contributed by atoms with Crippen LogP contribution in [0.25, 0.3) is 0 Å². The normalized spacial score (nSPS) is 10.6. The molecule has 0 fully saturated rings. The Kier molecular flexibility index (Phi) is 4.84. The predicted molar refractivity (Wildman–Crippen MR) is 75.9 cm³/mol. The monoisotopic (exact) mass is 256 g/mol. The van der Waals surface area contributed by atoms with Crippen molar-refractivity contribution in [2.45, 2.75) is 39.2 Å². The van der Waals surface area contributed by atoms with E-state index >= 15 is 0 Å². The first-order valence-electron chi connectivity index (χ1n) is 6.77. The highest BCUT2D eigenvalue weighted by atomic mass is 15.4. The fourth-order valence-corrected chi connectivity index (χ4v) is 2.04. The van der Waals surface area contributed by atoms with Crippen LogP contribution in [0, 0.1) is 0 Å². The summed E-state index contributed by atoms with van der Waals surface area (Å²) in [6.07, 6.45) is 7.81. The van der Waals surface area contributed by atoms with Crippen LogP contribution in [0.4, 0.5) is 0 Å². The molecule has 0 aromatic carbocycles. The maximum Gasteiger partial charge on any atom is 0.0862 e. The van der Waals surface area contributed by atoms with Gasteiger partial charge in [0.2, 0.25) is 0 Å². The summed E-state index contributed by atoms with van der Waals surface area (Å²) in [7, 11) is 0. The molecule has 0 atom stereocenters. The van der Waals surface area contributed by atoms with Gasteiger partial charge in [-0.25, -0.2) is 4.68 Å². The molecular formula is C15H20N4. The minimum absolute atomic E-state index is 0.670. The molecule has 0 aliphatic rings. The van der Waals surface area contributed by atoms with E-state index in [2.05, 4.69) is 28.8 Å². The quantitative estimate of drug-likeness (QED) is 0.715. The lowest BCUT2D eigenvalue weighted by Crippen LogP contribution is -2.08. The van der Waals surface area contributed by atoms with Crippen LogP contribution in [0.1, 0.15) is 36.8 Å². The second-order valence-corrected chi connectivity index (χ2v) is 4.56. The molecule has 19 heavy (non-hydrogen) atoms. The number of unbranched alkanes of at least 4 members (excludes halogenated alkanes) is 1. The first-order valence-corrected chi connectivity index (χ1v) is 6.77. The number of aryl methyl sites for hydroxylation is 1. The van der Waals surface area contributed by atoms with Crippen molar-refractivity contribution in [1.82, 2.24) is 20.0 Å². The number of rotatable bonds is 7. The third-order valence-electron chi connectivity index (χ3n) is 3.06. The van der Waals surface area contributed by atoms with Crippen molar-refractivity contribution < 1.29 is 0 Å². The molecule has 4 nitrogen and oxygen atoms in total. The van der Waals surface area contributed by atoms with E-state index in [0.717, 1.165) is 36.3 Å². The van der Waals surface area contributed by atoms with Crippen LogP contribution in [0.2, 0.25) is 0 Å². The van der Waals surface area contributed by atoms with Crippen molar-refractivity contribution in [1.29, 1.82) is 0 Å². The summed E-state index contributed by atoms with van der Waals surface area (Å²) in [5.74, 6) is 0. The zero-order chi connectivity index (χ0) is 13.5. The third kappa shape index (κ3) is 3.50. The Hall–Kier alpha value is -1.97. The molecule has 0 amide bonds. The van der Waals surface area contributed by atoms with E-state index < -0.39 is 0 Å². The Balaban J connectivity index is 2.19. The van der Waals surface area contributed by atoms with E-state index in [1.807, 2.05) is 29.0 Å². The van der Waals surface area contributed by atoms with Crippen molar-refractivity contribution in [2.24, 2.45) is 0 Å².